The van der Waals surface area contributed by atoms with Gasteiger partial charge in [-0.1, -0.05) is 6.92 Å². The molecule has 0 unspecified atom stereocenters. The molecule has 1 fully saturated rings. The zero-order valence-corrected chi connectivity index (χ0v) is 9.29. The molecule has 1 heterocycles. The van der Waals surface area contributed by atoms with Crippen molar-refractivity contribution >= 4 is 5.69 Å². The van der Waals surface area contributed by atoms with Gasteiger partial charge in [-0.05, 0) is 31.4 Å². The van der Waals surface area contributed by atoms with Crippen LogP contribution in [0.2, 0.25) is 0 Å². The van der Waals surface area contributed by atoms with E-state index < -0.39 is 0 Å². The van der Waals surface area contributed by atoms with Crippen LogP contribution in [-0.2, 0) is 6.54 Å². The van der Waals surface area contributed by atoms with Gasteiger partial charge in [0, 0.05) is 31.0 Å². The average molecular weight is 205 g/mol. The molecule has 1 aromatic rings. The van der Waals surface area contributed by atoms with Crippen LogP contribution in [0.3, 0.4) is 0 Å². The molecule has 2 rings (SSSR count). The van der Waals surface area contributed by atoms with E-state index in [0.717, 1.165) is 31.2 Å². The van der Waals surface area contributed by atoms with Crippen LogP contribution in [0.1, 0.15) is 31.9 Å². The molecule has 2 N–H and O–H groups in total. The Morgan fingerprint density at radius 2 is 2.33 bits per heavy atom. The molecule has 82 valence electrons. The van der Waals surface area contributed by atoms with E-state index in [4.69, 9.17) is 0 Å². The molecule has 0 atom stereocenters. The molecule has 0 aliphatic heterocycles. The fourth-order valence-corrected chi connectivity index (χ4v) is 1.49. The molecule has 1 aromatic heterocycles. The van der Waals surface area contributed by atoms with Crippen LogP contribution in [0, 0.1) is 0 Å². The number of hydrogen-bond acceptors (Lipinski definition) is 3. The molecule has 1 aliphatic rings. The summed E-state index contributed by atoms with van der Waals surface area (Å²) >= 11 is 0. The van der Waals surface area contributed by atoms with Gasteiger partial charge in [-0.3, -0.25) is 4.98 Å². The van der Waals surface area contributed by atoms with Gasteiger partial charge in [-0.2, -0.15) is 0 Å². The number of rotatable bonds is 6. The predicted molar refractivity (Wildman–Crippen MR) is 62.9 cm³/mol. The summed E-state index contributed by atoms with van der Waals surface area (Å²) in [6.07, 6.45) is 5.68. The second-order valence-electron chi connectivity index (χ2n) is 4.12. The molecule has 1 saturated carbocycles. The maximum absolute atomic E-state index is 4.34. The van der Waals surface area contributed by atoms with Gasteiger partial charge in [0.15, 0.2) is 0 Å². The third kappa shape index (κ3) is 3.51. The number of hydrogen-bond donors (Lipinski definition) is 2. The highest BCUT2D eigenvalue weighted by molar-refractivity contribution is 5.43. The molecule has 3 heteroatoms. The summed E-state index contributed by atoms with van der Waals surface area (Å²) in [7, 11) is 0. The maximum Gasteiger partial charge on any atom is 0.0562 e. The van der Waals surface area contributed by atoms with E-state index >= 15 is 0 Å². The van der Waals surface area contributed by atoms with Crippen LogP contribution < -0.4 is 10.6 Å². The summed E-state index contributed by atoms with van der Waals surface area (Å²) in [4.78, 5) is 4.34. The second-order valence-corrected chi connectivity index (χ2v) is 4.12. The van der Waals surface area contributed by atoms with E-state index in [9.17, 15) is 0 Å². The number of aromatic nitrogens is 1. The molecular formula is C12H19N3. The van der Waals surface area contributed by atoms with E-state index in [1.165, 1.54) is 18.5 Å². The van der Waals surface area contributed by atoms with Crippen molar-refractivity contribution in [2.24, 2.45) is 0 Å². The van der Waals surface area contributed by atoms with E-state index in [1.807, 2.05) is 12.3 Å². The third-order valence-corrected chi connectivity index (χ3v) is 2.54. The number of nitrogens with zero attached hydrogens (tertiary/aromatic N) is 1. The molecular weight excluding hydrogens is 186 g/mol. The molecule has 0 amide bonds. The van der Waals surface area contributed by atoms with Gasteiger partial charge < -0.3 is 10.6 Å². The maximum atomic E-state index is 4.34. The number of anilines is 1. The van der Waals surface area contributed by atoms with Gasteiger partial charge in [-0.25, -0.2) is 0 Å². The highest BCUT2D eigenvalue weighted by Crippen LogP contribution is 2.19. The minimum Gasteiger partial charge on any atom is -0.385 e. The van der Waals surface area contributed by atoms with Crippen LogP contribution in [0.4, 0.5) is 5.69 Å². The summed E-state index contributed by atoms with van der Waals surface area (Å²) in [5.41, 5.74) is 2.31. The van der Waals surface area contributed by atoms with Crippen molar-refractivity contribution < 1.29 is 0 Å². The first-order chi connectivity index (χ1) is 7.38. The van der Waals surface area contributed by atoms with E-state index in [-0.39, 0.29) is 0 Å². The van der Waals surface area contributed by atoms with Gasteiger partial charge in [0.05, 0.1) is 5.69 Å². The zero-order chi connectivity index (χ0) is 10.5. The Morgan fingerprint density at radius 1 is 1.47 bits per heavy atom. The minimum absolute atomic E-state index is 0.749. The monoisotopic (exact) mass is 205 g/mol. The fourth-order valence-electron chi connectivity index (χ4n) is 1.49. The lowest BCUT2D eigenvalue weighted by atomic mass is 10.3. The highest BCUT2D eigenvalue weighted by atomic mass is 15.0. The van der Waals surface area contributed by atoms with Gasteiger partial charge >= 0.3 is 0 Å². The van der Waals surface area contributed by atoms with Crippen LogP contribution in [0.5, 0.6) is 0 Å². The molecule has 1 aliphatic carbocycles. The SMILES string of the molecule is CCCNc1ccnc(CNC2CC2)c1. The first kappa shape index (κ1) is 10.4. The molecule has 0 spiro atoms. The fraction of sp³-hybridized carbons (Fsp3) is 0.583. The normalized spacial score (nSPS) is 15.3. The van der Waals surface area contributed by atoms with Crippen LogP contribution >= 0.6 is 0 Å². The topological polar surface area (TPSA) is 37.0 Å². The molecule has 3 nitrogen and oxygen atoms in total. The minimum atomic E-state index is 0.749. The second kappa shape index (κ2) is 5.12. The highest BCUT2D eigenvalue weighted by Gasteiger charge is 2.20. The van der Waals surface area contributed by atoms with Gasteiger partial charge in [-0.15, -0.1) is 0 Å². The van der Waals surface area contributed by atoms with Gasteiger partial charge in [0.1, 0.15) is 0 Å². The van der Waals surface area contributed by atoms with E-state index in [1.54, 1.807) is 0 Å². The van der Waals surface area contributed by atoms with Crippen molar-refractivity contribution in [3.05, 3.63) is 24.0 Å². The quantitative estimate of drug-likeness (QED) is 0.747. The molecule has 0 aromatic carbocycles. The van der Waals surface area contributed by atoms with Gasteiger partial charge in [0.2, 0.25) is 0 Å². The van der Waals surface area contributed by atoms with Crippen LogP contribution in [0.15, 0.2) is 18.3 Å². The van der Waals surface area contributed by atoms with E-state index in [0.29, 0.717) is 0 Å². The number of nitrogens with one attached hydrogen (secondary N) is 2. The molecule has 0 radical (unpaired) electrons. The summed E-state index contributed by atoms with van der Waals surface area (Å²) in [5.74, 6) is 0. The lowest BCUT2D eigenvalue weighted by Crippen LogP contribution is -2.16. The Balaban J connectivity index is 1.85. The Kier molecular flexibility index (Phi) is 3.56. The van der Waals surface area contributed by atoms with E-state index in [2.05, 4.69) is 28.6 Å². The summed E-state index contributed by atoms with van der Waals surface area (Å²) in [5, 5.41) is 6.84. The van der Waals surface area contributed by atoms with Crippen molar-refractivity contribution in [1.82, 2.24) is 10.3 Å². The molecule has 0 saturated heterocycles. The molecule has 0 bridgehead atoms. The smallest absolute Gasteiger partial charge is 0.0562 e. The summed E-state index contributed by atoms with van der Waals surface area (Å²) in [6, 6.07) is 4.90. The van der Waals surface area contributed by atoms with Crippen molar-refractivity contribution in [3.63, 3.8) is 0 Å². The van der Waals surface area contributed by atoms with Crippen LogP contribution in [-0.4, -0.2) is 17.6 Å². The first-order valence-corrected chi connectivity index (χ1v) is 5.80. The van der Waals surface area contributed by atoms with Crippen molar-refractivity contribution in [1.29, 1.82) is 0 Å². The summed E-state index contributed by atoms with van der Waals surface area (Å²) in [6.45, 7) is 4.09. The first-order valence-electron chi connectivity index (χ1n) is 5.80. The van der Waals surface area contributed by atoms with Crippen molar-refractivity contribution in [2.75, 3.05) is 11.9 Å². The van der Waals surface area contributed by atoms with Crippen LogP contribution in [0.25, 0.3) is 0 Å². The Bertz CT molecular complexity index is 307. The third-order valence-electron chi connectivity index (χ3n) is 2.54. The largest absolute Gasteiger partial charge is 0.385 e. The zero-order valence-electron chi connectivity index (χ0n) is 9.29. The summed E-state index contributed by atoms with van der Waals surface area (Å²) < 4.78 is 0. The van der Waals surface area contributed by atoms with Crippen molar-refractivity contribution in [3.8, 4) is 0 Å². The average Bonchev–Trinajstić information content (AvgIpc) is 3.08. The Morgan fingerprint density at radius 3 is 3.07 bits per heavy atom. The number of pyridine rings is 1. The predicted octanol–water partition coefficient (Wildman–Crippen LogP) is 2.16. The Labute approximate surface area is 91.3 Å². The lowest BCUT2D eigenvalue weighted by Gasteiger charge is -2.07. The lowest BCUT2D eigenvalue weighted by molar-refractivity contribution is 0.674. The molecule has 15 heavy (non-hydrogen) atoms. The van der Waals surface area contributed by atoms with Gasteiger partial charge in [0.25, 0.3) is 0 Å². The Hall–Kier alpha value is -1.09. The standard InChI is InChI=1S/C12H19N3/c1-2-6-13-11-5-7-14-12(8-11)9-15-10-3-4-10/h5,7-8,10,15H,2-4,6,9H2,1H3,(H,13,14). The van der Waals surface area contributed by atoms with Crippen molar-refractivity contribution in [2.45, 2.75) is 38.8 Å².